The van der Waals surface area contributed by atoms with E-state index in [2.05, 4.69) is 17.0 Å². The van der Waals surface area contributed by atoms with E-state index < -0.39 is 10.0 Å². The highest BCUT2D eigenvalue weighted by Gasteiger charge is 2.23. The Kier molecular flexibility index (Phi) is 8.06. The molecule has 1 heterocycles. The monoisotopic (exact) mass is 381 g/mol. The second-order valence-corrected chi connectivity index (χ2v) is 8.89. The molecule has 1 saturated heterocycles. The number of hydrogen-bond donors (Lipinski definition) is 0. The summed E-state index contributed by atoms with van der Waals surface area (Å²) in [6, 6.07) is 10.3. The van der Waals surface area contributed by atoms with Crippen LogP contribution in [0.1, 0.15) is 31.7 Å². The minimum absolute atomic E-state index is 0.0505. The molecule has 0 unspecified atom stereocenters. The standard InChI is InChI=1S/C19H31N3O3S/c1-3-4-11-22(26(2,24)25)12-10-19(23)21-15-13-20(14-16-21)17-18-8-6-5-7-9-18/h5-9H,3-4,10-17H2,1-2H3. The zero-order valence-corrected chi connectivity index (χ0v) is 16.7. The van der Waals surface area contributed by atoms with Crippen molar-refractivity contribution >= 4 is 15.9 Å². The van der Waals surface area contributed by atoms with Crippen molar-refractivity contribution in [2.24, 2.45) is 0 Å². The molecule has 26 heavy (non-hydrogen) atoms. The topological polar surface area (TPSA) is 60.9 Å². The first kappa shape index (κ1) is 20.9. The van der Waals surface area contributed by atoms with Crippen LogP contribution >= 0.6 is 0 Å². The molecule has 1 aromatic rings. The van der Waals surface area contributed by atoms with E-state index >= 15 is 0 Å². The third-order valence-corrected chi connectivity index (χ3v) is 6.08. The van der Waals surface area contributed by atoms with Crippen LogP contribution in [-0.4, -0.2) is 74.0 Å². The molecule has 0 atom stereocenters. The number of piperazine rings is 1. The minimum Gasteiger partial charge on any atom is -0.340 e. The summed E-state index contributed by atoms with van der Waals surface area (Å²) in [6.45, 7) is 6.83. The van der Waals surface area contributed by atoms with E-state index in [-0.39, 0.29) is 18.9 Å². The second-order valence-electron chi connectivity index (χ2n) is 6.91. The fourth-order valence-corrected chi connectivity index (χ4v) is 4.04. The van der Waals surface area contributed by atoms with E-state index in [0.29, 0.717) is 19.6 Å². The first-order chi connectivity index (χ1) is 12.4. The van der Waals surface area contributed by atoms with Gasteiger partial charge in [-0.3, -0.25) is 9.69 Å². The highest BCUT2D eigenvalue weighted by molar-refractivity contribution is 7.88. The molecule has 0 aromatic heterocycles. The van der Waals surface area contributed by atoms with Gasteiger partial charge in [0.05, 0.1) is 6.26 Å². The Balaban J connectivity index is 1.77. The van der Waals surface area contributed by atoms with Crippen LogP contribution in [-0.2, 0) is 21.4 Å². The van der Waals surface area contributed by atoms with Crippen LogP contribution in [0.4, 0.5) is 0 Å². The Morgan fingerprint density at radius 3 is 2.31 bits per heavy atom. The molecular weight excluding hydrogens is 350 g/mol. The molecule has 1 amide bonds. The van der Waals surface area contributed by atoms with Crippen LogP contribution in [0.15, 0.2) is 30.3 Å². The molecule has 1 aromatic carbocycles. The maximum Gasteiger partial charge on any atom is 0.223 e. The maximum atomic E-state index is 12.5. The molecule has 1 aliphatic rings. The number of amides is 1. The number of carbonyl (C=O) groups excluding carboxylic acids is 1. The van der Waals surface area contributed by atoms with Crippen molar-refractivity contribution in [1.29, 1.82) is 0 Å². The van der Waals surface area contributed by atoms with Gasteiger partial charge >= 0.3 is 0 Å². The van der Waals surface area contributed by atoms with Crippen LogP contribution in [0.25, 0.3) is 0 Å². The van der Waals surface area contributed by atoms with Crippen molar-refractivity contribution in [3.05, 3.63) is 35.9 Å². The number of rotatable bonds is 9. The number of hydrogen-bond acceptors (Lipinski definition) is 4. The van der Waals surface area contributed by atoms with Crippen molar-refractivity contribution < 1.29 is 13.2 Å². The Morgan fingerprint density at radius 2 is 1.73 bits per heavy atom. The molecule has 146 valence electrons. The van der Waals surface area contributed by atoms with Crippen LogP contribution in [0.2, 0.25) is 0 Å². The van der Waals surface area contributed by atoms with Gasteiger partial charge in [-0.1, -0.05) is 43.7 Å². The van der Waals surface area contributed by atoms with Gasteiger partial charge in [-0.15, -0.1) is 0 Å². The number of benzene rings is 1. The average molecular weight is 382 g/mol. The summed E-state index contributed by atoms with van der Waals surface area (Å²) < 4.78 is 25.1. The van der Waals surface area contributed by atoms with Crippen molar-refractivity contribution in [1.82, 2.24) is 14.1 Å². The quantitative estimate of drug-likeness (QED) is 0.654. The fourth-order valence-electron chi connectivity index (χ4n) is 3.15. The third kappa shape index (κ3) is 6.70. The highest BCUT2D eigenvalue weighted by Crippen LogP contribution is 2.10. The van der Waals surface area contributed by atoms with Crippen LogP contribution in [0, 0.1) is 0 Å². The molecule has 2 rings (SSSR count). The van der Waals surface area contributed by atoms with E-state index in [9.17, 15) is 13.2 Å². The molecule has 1 fully saturated rings. The first-order valence-electron chi connectivity index (χ1n) is 9.39. The van der Waals surface area contributed by atoms with Gasteiger partial charge in [0.25, 0.3) is 0 Å². The lowest BCUT2D eigenvalue weighted by molar-refractivity contribution is -0.133. The molecule has 6 nitrogen and oxygen atoms in total. The van der Waals surface area contributed by atoms with Crippen molar-refractivity contribution in [3.8, 4) is 0 Å². The predicted octanol–water partition coefficient (Wildman–Crippen LogP) is 1.78. The molecule has 0 N–H and O–H groups in total. The van der Waals surface area contributed by atoms with Crippen LogP contribution in [0.3, 0.4) is 0 Å². The van der Waals surface area contributed by atoms with Gasteiger partial charge in [0.15, 0.2) is 0 Å². The van der Waals surface area contributed by atoms with Crippen LogP contribution < -0.4 is 0 Å². The van der Waals surface area contributed by atoms with Gasteiger partial charge < -0.3 is 4.90 Å². The molecule has 0 radical (unpaired) electrons. The zero-order valence-electron chi connectivity index (χ0n) is 15.9. The number of carbonyl (C=O) groups is 1. The number of nitrogens with zero attached hydrogens (tertiary/aromatic N) is 3. The average Bonchev–Trinajstić information content (AvgIpc) is 2.62. The Morgan fingerprint density at radius 1 is 1.08 bits per heavy atom. The highest BCUT2D eigenvalue weighted by atomic mass is 32.2. The lowest BCUT2D eigenvalue weighted by atomic mass is 10.2. The Hall–Kier alpha value is -1.44. The van der Waals surface area contributed by atoms with Crippen molar-refractivity contribution in [2.75, 3.05) is 45.5 Å². The number of unbranched alkanes of at least 4 members (excludes halogenated alkanes) is 1. The lowest BCUT2D eigenvalue weighted by Gasteiger charge is -2.35. The summed E-state index contributed by atoms with van der Waals surface area (Å²) in [6.07, 6.45) is 3.23. The molecule has 0 aliphatic carbocycles. The van der Waals surface area contributed by atoms with Crippen molar-refractivity contribution in [2.45, 2.75) is 32.7 Å². The van der Waals surface area contributed by atoms with Gasteiger partial charge in [0.1, 0.15) is 0 Å². The first-order valence-corrected chi connectivity index (χ1v) is 11.2. The summed E-state index contributed by atoms with van der Waals surface area (Å²) in [5.41, 5.74) is 1.28. The molecule has 0 saturated carbocycles. The van der Waals surface area contributed by atoms with E-state index in [4.69, 9.17) is 0 Å². The largest absolute Gasteiger partial charge is 0.340 e. The SMILES string of the molecule is CCCCN(CCC(=O)N1CCN(Cc2ccccc2)CC1)S(C)(=O)=O. The van der Waals surface area contributed by atoms with E-state index in [0.717, 1.165) is 32.5 Å². The van der Waals surface area contributed by atoms with Gasteiger partial charge in [-0.25, -0.2) is 12.7 Å². The van der Waals surface area contributed by atoms with Gasteiger partial charge in [0, 0.05) is 52.2 Å². The van der Waals surface area contributed by atoms with Crippen molar-refractivity contribution in [3.63, 3.8) is 0 Å². The molecule has 0 bridgehead atoms. The summed E-state index contributed by atoms with van der Waals surface area (Å²) in [5.74, 6) is 0.0505. The van der Waals surface area contributed by atoms with Gasteiger partial charge in [-0.2, -0.15) is 0 Å². The Labute approximate surface area is 157 Å². The zero-order chi connectivity index (χ0) is 19.0. The van der Waals surface area contributed by atoms with E-state index in [1.165, 1.54) is 16.1 Å². The Bertz CT molecular complexity index is 656. The van der Waals surface area contributed by atoms with Gasteiger partial charge in [0.2, 0.25) is 15.9 Å². The van der Waals surface area contributed by atoms with Gasteiger partial charge in [-0.05, 0) is 12.0 Å². The third-order valence-electron chi connectivity index (χ3n) is 4.78. The summed E-state index contributed by atoms with van der Waals surface area (Å²) in [7, 11) is -3.25. The predicted molar refractivity (Wildman–Crippen MR) is 104 cm³/mol. The molecule has 7 heteroatoms. The normalized spacial score (nSPS) is 16.2. The molecular formula is C19H31N3O3S. The smallest absolute Gasteiger partial charge is 0.223 e. The minimum atomic E-state index is -3.25. The molecule has 0 spiro atoms. The molecule has 1 aliphatic heterocycles. The van der Waals surface area contributed by atoms with Crippen LogP contribution in [0.5, 0.6) is 0 Å². The summed E-state index contributed by atoms with van der Waals surface area (Å²) >= 11 is 0. The maximum absolute atomic E-state index is 12.5. The van der Waals surface area contributed by atoms with E-state index in [1.807, 2.05) is 30.0 Å². The van der Waals surface area contributed by atoms with E-state index in [1.54, 1.807) is 0 Å². The fraction of sp³-hybridized carbons (Fsp3) is 0.632. The second kappa shape index (κ2) is 10.0. The number of sulfonamides is 1. The summed E-state index contributed by atoms with van der Waals surface area (Å²) in [4.78, 5) is 16.7. The lowest BCUT2D eigenvalue weighted by Crippen LogP contribution is -2.49. The summed E-state index contributed by atoms with van der Waals surface area (Å²) in [5, 5.41) is 0.